The van der Waals surface area contributed by atoms with Crippen molar-refractivity contribution in [1.82, 2.24) is 19.5 Å². The second-order valence-electron chi connectivity index (χ2n) is 5.82. The minimum Gasteiger partial charge on any atom is -0.374 e. The number of nitrogens with one attached hydrogen (secondary N) is 1. The Morgan fingerprint density at radius 3 is 2.84 bits per heavy atom. The topological polar surface area (TPSA) is 155 Å². The van der Waals surface area contributed by atoms with Gasteiger partial charge in [0.05, 0.1) is 12.4 Å². The van der Waals surface area contributed by atoms with Gasteiger partial charge in [-0.05, 0) is 6.42 Å². The first-order chi connectivity index (χ1) is 11.7. The van der Waals surface area contributed by atoms with Gasteiger partial charge in [0, 0.05) is 13.8 Å². The number of hydrogen-bond acceptors (Lipinski definition) is 8. The molecule has 2 unspecified atom stereocenters. The molecule has 0 radical (unpaired) electrons. The van der Waals surface area contributed by atoms with Crippen LogP contribution in [0.15, 0.2) is 11.1 Å². The van der Waals surface area contributed by atoms with E-state index in [1.807, 2.05) is 6.92 Å². The zero-order chi connectivity index (χ0) is 18.4. The van der Waals surface area contributed by atoms with E-state index in [0.717, 1.165) is 6.66 Å². The van der Waals surface area contributed by atoms with E-state index >= 15 is 0 Å². The van der Waals surface area contributed by atoms with Gasteiger partial charge in [0.1, 0.15) is 12.2 Å². The fourth-order valence-corrected chi connectivity index (χ4v) is 3.70. The number of aromatic amines is 1. The highest BCUT2D eigenvalue weighted by molar-refractivity contribution is 7.51. The Morgan fingerprint density at radius 1 is 1.52 bits per heavy atom. The lowest BCUT2D eigenvalue weighted by Crippen LogP contribution is -2.35. The minimum atomic E-state index is -3.76. The summed E-state index contributed by atoms with van der Waals surface area (Å²) in [5.41, 5.74) is 5.47. The fourth-order valence-electron chi connectivity index (χ4n) is 2.99. The summed E-state index contributed by atoms with van der Waals surface area (Å²) < 4.78 is 30.0. The second kappa shape index (κ2) is 6.50. The lowest BCUT2D eigenvalue weighted by molar-refractivity contribution is -0.0493. The van der Waals surface area contributed by atoms with Crippen LogP contribution in [0.3, 0.4) is 0 Å². The molecule has 0 spiro atoms. The van der Waals surface area contributed by atoms with E-state index in [9.17, 15) is 14.3 Å². The van der Waals surface area contributed by atoms with Crippen molar-refractivity contribution >= 4 is 24.7 Å². The predicted molar refractivity (Wildman–Crippen MR) is 88.2 cm³/mol. The Bertz CT molecular complexity index is 875. The van der Waals surface area contributed by atoms with Gasteiger partial charge in [0.15, 0.2) is 17.4 Å². The molecular weight excluding hydrogens is 353 g/mol. The Labute approximate surface area is 142 Å². The minimum absolute atomic E-state index is 0.0560. The number of H-pyrrole nitrogens is 1. The van der Waals surface area contributed by atoms with E-state index in [-0.39, 0.29) is 17.1 Å². The summed E-state index contributed by atoms with van der Waals surface area (Å²) in [5.74, 6) is -0.0560. The first-order valence-electron chi connectivity index (χ1n) is 7.64. The van der Waals surface area contributed by atoms with Gasteiger partial charge in [-0.1, -0.05) is 6.92 Å². The molecule has 0 aliphatic carbocycles. The van der Waals surface area contributed by atoms with Crippen molar-refractivity contribution in [3.8, 4) is 0 Å². The molecule has 0 aromatic carbocycles. The number of hydrogen-bond donors (Lipinski definition) is 3. The van der Waals surface area contributed by atoms with E-state index < -0.39 is 37.7 Å². The van der Waals surface area contributed by atoms with Crippen molar-refractivity contribution in [1.29, 1.82) is 0 Å². The van der Waals surface area contributed by atoms with Gasteiger partial charge in [0.2, 0.25) is 5.95 Å². The van der Waals surface area contributed by atoms with E-state index in [0.29, 0.717) is 6.42 Å². The highest BCUT2D eigenvalue weighted by Gasteiger charge is 2.48. The Kier molecular flexibility index (Phi) is 4.69. The van der Waals surface area contributed by atoms with Gasteiger partial charge >= 0.3 is 7.60 Å². The molecule has 1 aliphatic heterocycles. The molecule has 2 aromatic rings. The zero-order valence-corrected chi connectivity index (χ0v) is 14.8. The summed E-state index contributed by atoms with van der Waals surface area (Å²) in [7, 11) is -2.31. The molecular formula is C13H20N5O6P. The van der Waals surface area contributed by atoms with Crippen LogP contribution >= 0.6 is 7.60 Å². The summed E-state index contributed by atoms with van der Waals surface area (Å²) in [6, 6.07) is 0. The van der Waals surface area contributed by atoms with Crippen LogP contribution < -0.4 is 11.3 Å². The van der Waals surface area contributed by atoms with Gasteiger partial charge in [-0.15, -0.1) is 0 Å². The fraction of sp³-hybridized carbons (Fsp3) is 0.615. The number of imidazole rings is 1. The van der Waals surface area contributed by atoms with Crippen molar-refractivity contribution in [2.24, 2.45) is 0 Å². The molecule has 138 valence electrons. The number of nitrogens with two attached hydrogens (primary N) is 1. The molecule has 1 aliphatic rings. The molecule has 11 nitrogen and oxygen atoms in total. The summed E-state index contributed by atoms with van der Waals surface area (Å²) in [6.07, 6.45) is -0.771. The highest BCUT2D eigenvalue weighted by Crippen LogP contribution is 2.45. The SMILES string of the molecule is CC[C@H]1O[C@@H](n2cnc3c(=O)[nH]c(N)nc32)[C@@H](OC)C1OP(C)(=O)O. The molecule has 3 rings (SSSR count). The predicted octanol–water partition coefficient (Wildman–Crippen LogP) is 0.225. The molecule has 25 heavy (non-hydrogen) atoms. The number of nitrogens with zero attached hydrogens (tertiary/aromatic N) is 3. The van der Waals surface area contributed by atoms with Gasteiger partial charge in [-0.3, -0.25) is 23.4 Å². The van der Waals surface area contributed by atoms with Crippen molar-refractivity contribution in [3.63, 3.8) is 0 Å². The number of aromatic nitrogens is 4. The number of ether oxygens (including phenoxy) is 2. The normalized spacial score (nSPS) is 29.1. The standard InChI is InChI=1S/C13H20N5O6P/c1-4-6-8(24-25(3,20)21)9(22-2)12(23-6)18-5-15-7-10(18)16-13(14)17-11(7)19/h5-6,8-9,12H,4H2,1-3H3,(H,20,21)(H3,14,16,17,19)/t6-,8?,9+,12-/m1/s1. The van der Waals surface area contributed by atoms with E-state index in [1.54, 1.807) is 0 Å². The third kappa shape index (κ3) is 3.33. The van der Waals surface area contributed by atoms with Crippen LogP contribution in [-0.4, -0.2) is 56.5 Å². The van der Waals surface area contributed by atoms with Crippen LogP contribution in [-0.2, 0) is 18.6 Å². The van der Waals surface area contributed by atoms with Gasteiger partial charge in [0.25, 0.3) is 5.56 Å². The van der Waals surface area contributed by atoms with Crippen molar-refractivity contribution in [2.75, 3.05) is 19.5 Å². The lowest BCUT2D eigenvalue weighted by atomic mass is 10.1. The summed E-state index contributed by atoms with van der Waals surface area (Å²) >= 11 is 0. The molecule has 0 amide bonds. The Hall–Kier alpha value is -1.78. The van der Waals surface area contributed by atoms with E-state index in [1.165, 1.54) is 18.0 Å². The first-order valence-corrected chi connectivity index (χ1v) is 9.67. The van der Waals surface area contributed by atoms with Crippen molar-refractivity contribution in [2.45, 2.75) is 37.9 Å². The molecule has 1 saturated heterocycles. The molecule has 0 bridgehead atoms. The number of nitrogen functional groups attached to an aromatic ring is 1. The summed E-state index contributed by atoms with van der Waals surface area (Å²) in [6.45, 7) is 2.97. The average Bonchev–Trinajstić information content (AvgIpc) is 3.06. The monoisotopic (exact) mass is 373 g/mol. The number of anilines is 1. The third-order valence-corrected chi connectivity index (χ3v) is 4.64. The van der Waals surface area contributed by atoms with Crippen LogP contribution in [0.25, 0.3) is 11.2 Å². The van der Waals surface area contributed by atoms with Crippen molar-refractivity contribution < 1.29 is 23.5 Å². The van der Waals surface area contributed by atoms with E-state index in [2.05, 4.69) is 15.0 Å². The van der Waals surface area contributed by atoms with Crippen LogP contribution in [0, 0.1) is 0 Å². The summed E-state index contributed by atoms with van der Waals surface area (Å²) in [5, 5.41) is 0. The smallest absolute Gasteiger partial charge is 0.325 e. The maximum Gasteiger partial charge on any atom is 0.325 e. The van der Waals surface area contributed by atoms with Crippen LogP contribution in [0.5, 0.6) is 0 Å². The molecule has 3 heterocycles. The van der Waals surface area contributed by atoms with E-state index in [4.69, 9.17) is 19.7 Å². The van der Waals surface area contributed by atoms with Crippen LogP contribution in [0.1, 0.15) is 19.6 Å². The molecule has 2 aromatic heterocycles. The summed E-state index contributed by atoms with van der Waals surface area (Å²) in [4.78, 5) is 32.0. The maximum atomic E-state index is 11.9. The Balaban J connectivity index is 2.05. The van der Waals surface area contributed by atoms with Gasteiger partial charge in [-0.25, -0.2) is 4.98 Å². The molecule has 5 atom stereocenters. The molecule has 1 fully saturated rings. The zero-order valence-electron chi connectivity index (χ0n) is 13.9. The molecule has 4 N–H and O–H groups in total. The third-order valence-electron chi connectivity index (χ3n) is 4.00. The molecule has 12 heteroatoms. The maximum absolute atomic E-state index is 11.9. The quantitative estimate of drug-likeness (QED) is 0.624. The number of fused-ring (bicyclic) bond motifs is 1. The van der Waals surface area contributed by atoms with Gasteiger partial charge < -0.3 is 20.1 Å². The lowest BCUT2D eigenvalue weighted by Gasteiger charge is -2.24. The van der Waals surface area contributed by atoms with Crippen LogP contribution in [0.2, 0.25) is 0 Å². The van der Waals surface area contributed by atoms with Crippen LogP contribution in [0.4, 0.5) is 5.95 Å². The first kappa shape index (κ1) is 18.0. The average molecular weight is 373 g/mol. The van der Waals surface area contributed by atoms with Crippen molar-refractivity contribution in [3.05, 3.63) is 16.7 Å². The number of methoxy groups -OCH3 is 1. The number of rotatable bonds is 5. The Morgan fingerprint density at radius 2 is 2.24 bits per heavy atom. The van der Waals surface area contributed by atoms with Gasteiger partial charge in [-0.2, -0.15) is 4.98 Å². The largest absolute Gasteiger partial charge is 0.374 e. The second-order valence-corrected chi connectivity index (χ2v) is 7.64. The molecule has 0 saturated carbocycles. The highest BCUT2D eigenvalue weighted by atomic mass is 31.2.